The second kappa shape index (κ2) is 8.42. The smallest absolute Gasteiger partial charge is 0.272 e. The van der Waals surface area contributed by atoms with E-state index in [1.807, 2.05) is 24.3 Å². The van der Waals surface area contributed by atoms with Gasteiger partial charge in [-0.05, 0) is 43.0 Å². The normalized spacial score (nSPS) is 19.4. The quantitative estimate of drug-likeness (QED) is 0.885. The van der Waals surface area contributed by atoms with E-state index in [2.05, 4.69) is 16.4 Å². The lowest BCUT2D eigenvalue weighted by Crippen LogP contribution is -2.44. The molecule has 1 N–H and O–H groups in total. The second-order valence-electron chi connectivity index (χ2n) is 7.52. The summed E-state index contributed by atoms with van der Waals surface area (Å²) in [5.41, 5.74) is 1.66. The van der Waals surface area contributed by atoms with Gasteiger partial charge in [-0.15, -0.1) is 0 Å². The fourth-order valence-corrected chi connectivity index (χ4v) is 3.91. The van der Waals surface area contributed by atoms with Gasteiger partial charge in [0.25, 0.3) is 5.91 Å². The second-order valence-corrected chi connectivity index (χ2v) is 7.52. The summed E-state index contributed by atoms with van der Waals surface area (Å²) in [7, 11) is 0. The van der Waals surface area contributed by atoms with Crippen LogP contribution in [0.5, 0.6) is 5.75 Å². The maximum Gasteiger partial charge on any atom is 0.272 e. The van der Waals surface area contributed by atoms with Crippen LogP contribution in [0.4, 0.5) is 0 Å². The summed E-state index contributed by atoms with van der Waals surface area (Å²) in [5, 5.41) is 3.09. The van der Waals surface area contributed by atoms with Crippen molar-refractivity contribution in [2.45, 2.75) is 19.3 Å². The van der Waals surface area contributed by atoms with Crippen LogP contribution in [0.3, 0.4) is 0 Å². The molecule has 6 nitrogen and oxygen atoms in total. The number of para-hydroxylation sites is 1. The molecule has 146 valence electrons. The maximum absolute atomic E-state index is 12.6. The molecule has 28 heavy (non-hydrogen) atoms. The minimum atomic E-state index is -0.0579. The summed E-state index contributed by atoms with van der Waals surface area (Å²) in [4.78, 5) is 30.9. The fourth-order valence-electron chi connectivity index (χ4n) is 3.91. The molecular formula is C22H25N3O3. The molecule has 1 aromatic carbocycles. The molecule has 0 spiro atoms. The number of ether oxygens (including phenoxy) is 1. The van der Waals surface area contributed by atoms with Crippen molar-refractivity contribution in [2.24, 2.45) is 11.8 Å². The molecule has 1 aromatic heterocycles. The first-order valence-corrected chi connectivity index (χ1v) is 9.89. The Kier molecular flexibility index (Phi) is 5.55. The van der Waals surface area contributed by atoms with Gasteiger partial charge in [0.15, 0.2) is 0 Å². The zero-order chi connectivity index (χ0) is 19.3. The number of hydrogen-bond acceptors (Lipinski definition) is 4. The van der Waals surface area contributed by atoms with Crippen LogP contribution in [-0.4, -0.2) is 47.9 Å². The van der Waals surface area contributed by atoms with Crippen LogP contribution in [0.15, 0.2) is 48.7 Å². The van der Waals surface area contributed by atoms with Crippen LogP contribution < -0.4 is 10.1 Å². The lowest BCUT2D eigenvalue weighted by atomic mass is 9.94. The third-order valence-corrected chi connectivity index (χ3v) is 5.56. The Labute approximate surface area is 164 Å². The molecule has 0 aliphatic carbocycles. The summed E-state index contributed by atoms with van der Waals surface area (Å²) in [6.07, 6.45) is 3.93. The minimum absolute atomic E-state index is 0.0374. The number of rotatable bonds is 4. The van der Waals surface area contributed by atoms with Crippen molar-refractivity contribution in [3.63, 3.8) is 0 Å². The zero-order valence-electron chi connectivity index (χ0n) is 15.8. The van der Waals surface area contributed by atoms with Crippen molar-refractivity contribution in [2.75, 3.05) is 26.2 Å². The van der Waals surface area contributed by atoms with E-state index in [4.69, 9.17) is 4.74 Å². The Morgan fingerprint density at radius 2 is 1.89 bits per heavy atom. The highest BCUT2D eigenvalue weighted by Gasteiger charge is 2.29. The van der Waals surface area contributed by atoms with Gasteiger partial charge in [0, 0.05) is 37.7 Å². The van der Waals surface area contributed by atoms with Crippen molar-refractivity contribution in [3.05, 3.63) is 59.9 Å². The number of nitrogens with zero attached hydrogens (tertiary/aromatic N) is 2. The third-order valence-electron chi connectivity index (χ3n) is 5.56. The molecule has 0 radical (unpaired) electrons. The minimum Gasteiger partial charge on any atom is -0.493 e. The first-order valence-electron chi connectivity index (χ1n) is 9.89. The molecule has 1 atom stereocenters. The summed E-state index contributed by atoms with van der Waals surface area (Å²) in [6.45, 7) is 2.44. The van der Waals surface area contributed by atoms with Gasteiger partial charge in [-0.2, -0.15) is 0 Å². The number of pyridine rings is 1. The van der Waals surface area contributed by atoms with E-state index in [0.29, 0.717) is 50.7 Å². The Morgan fingerprint density at radius 1 is 1.11 bits per heavy atom. The molecule has 1 fully saturated rings. The first kappa shape index (κ1) is 18.5. The molecule has 2 aliphatic rings. The highest BCUT2D eigenvalue weighted by Crippen LogP contribution is 2.26. The Balaban J connectivity index is 1.23. The third kappa shape index (κ3) is 4.16. The average molecular weight is 379 g/mol. The van der Waals surface area contributed by atoms with E-state index >= 15 is 0 Å². The molecule has 4 rings (SSSR count). The molecule has 1 saturated heterocycles. The van der Waals surface area contributed by atoms with E-state index in [-0.39, 0.29) is 17.7 Å². The van der Waals surface area contributed by atoms with Crippen molar-refractivity contribution in [3.8, 4) is 5.75 Å². The summed E-state index contributed by atoms with van der Waals surface area (Å²) in [6, 6.07) is 13.4. The highest BCUT2D eigenvalue weighted by molar-refractivity contribution is 5.92. The van der Waals surface area contributed by atoms with Crippen LogP contribution in [0.25, 0.3) is 0 Å². The zero-order valence-corrected chi connectivity index (χ0v) is 15.8. The van der Waals surface area contributed by atoms with E-state index in [1.54, 1.807) is 23.2 Å². The monoisotopic (exact) mass is 379 g/mol. The van der Waals surface area contributed by atoms with E-state index < -0.39 is 0 Å². The Morgan fingerprint density at radius 3 is 2.68 bits per heavy atom. The van der Waals surface area contributed by atoms with E-state index in [0.717, 1.165) is 12.2 Å². The highest BCUT2D eigenvalue weighted by atomic mass is 16.5. The van der Waals surface area contributed by atoms with Crippen LogP contribution in [0.1, 0.15) is 28.9 Å². The van der Waals surface area contributed by atoms with Crippen LogP contribution in [0.2, 0.25) is 0 Å². The number of carbonyl (C=O) groups is 2. The molecule has 0 saturated carbocycles. The molecule has 2 aromatic rings. The van der Waals surface area contributed by atoms with E-state index in [1.165, 1.54) is 5.56 Å². The SMILES string of the molecule is O=C(NC[C@@H]1COc2ccccc2C1)C1CCN(C(=O)c2ccccn2)CC1. The molecule has 2 aliphatic heterocycles. The standard InChI is InChI=1S/C22H25N3O3/c26-21(24-14-16-13-18-5-1-2-7-20(18)28-15-16)17-8-11-25(12-9-17)22(27)19-6-3-4-10-23-19/h1-7,10,16-17H,8-9,11-15H2,(H,24,26)/t16-/m1/s1. The van der Waals surface area contributed by atoms with Crippen LogP contribution in [-0.2, 0) is 11.2 Å². The topological polar surface area (TPSA) is 71.5 Å². The molecular weight excluding hydrogens is 354 g/mol. The molecule has 0 bridgehead atoms. The number of carbonyl (C=O) groups excluding carboxylic acids is 2. The molecule has 0 unspecified atom stereocenters. The van der Waals surface area contributed by atoms with Gasteiger partial charge < -0.3 is 15.0 Å². The summed E-state index contributed by atoms with van der Waals surface area (Å²) < 4.78 is 5.79. The van der Waals surface area contributed by atoms with Gasteiger partial charge in [-0.3, -0.25) is 14.6 Å². The summed E-state index contributed by atoms with van der Waals surface area (Å²) in [5.74, 6) is 1.24. The van der Waals surface area contributed by atoms with Gasteiger partial charge >= 0.3 is 0 Å². The van der Waals surface area contributed by atoms with Crippen molar-refractivity contribution in [1.29, 1.82) is 0 Å². The predicted octanol–water partition coefficient (Wildman–Crippen LogP) is 2.30. The molecule has 3 heterocycles. The lowest BCUT2D eigenvalue weighted by molar-refractivity contribution is -0.126. The number of hydrogen-bond donors (Lipinski definition) is 1. The van der Waals surface area contributed by atoms with Crippen molar-refractivity contribution >= 4 is 11.8 Å². The number of nitrogens with one attached hydrogen (secondary N) is 1. The molecule has 2 amide bonds. The van der Waals surface area contributed by atoms with Crippen molar-refractivity contribution in [1.82, 2.24) is 15.2 Å². The van der Waals surface area contributed by atoms with Gasteiger partial charge in [0.1, 0.15) is 11.4 Å². The number of amides is 2. The number of aromatic nitrogens is 1. The fraction of sp³-hybridized carbons (Fsp3) is 0.409. The van der Waals surface area contributed by atoms with Crippen LogP contribution >= 0.6 is 0 Å². The van der Waals surface area contributed by atoms with Gasteiger partial charge in [0.2, 0.25) is 5.91 Å². The van der Waals surface area contributed by atoms with Gasteiger partial charge in [-0.1, -0.05) is 24.3 Å². The van der Waals surface area contributed by atoms with Gasteiger partial charge in [-0.25, -0.2) is 0 Å². The predicted molar refractivity (Wildman–Crippen MR) is 105 cm³/mol. The number of likely N-dealkylation sites (tertiary alicyclic amines) is 1. The molecule has 6 heteroatoms. The Bertz CT molecular complexity index is 832. The Hall–Kier alpha value is -2.89. The van der Waals surface area contributed by atoms with E-state index in [9.17, 15) is 9.59 Å². The number of fused-ring (bicyclic) bond motifs is 1. The number of benzene rings is 1. The maximum atomic E-state index is 12.6. The van der Waals surface area contributed by atoms with Crippen molar-refractivity contribution < 1.29 is 14.3 Å². The average Bonchev–Trinajstić information content (AvgIpc) is 2.77. The van der Waals surface area contributed by atoms with Crippen LogP contribution in [0, 0.1) is 11.8 Å². The number of piperidine rings is 1. The lowest BCUT2D eigenvalue weighted by Gasteiger charge is -2.31. The van der Waals surface area contributed by atoms with Gasteiger partial charge in [0.05, 0.1) is 6.61 Å². The first-order chi connectivity index (χ1) is 13.7. The largest absolute Gasteiger partial charge is 0.493 e. The summed E-state index contributed by atoms with van der Waals surface area (Å²) >= 11 is 0.